The second-order valence-electron chi connectivity index (χ2n) is 2.97. The van der Waals surface area contributed by atoms with Gasteiger partial charge in [-0.25, -0.2) is 8.78 Å². The predicted octanol–water partition coefficient (Wildman–Crippen LogP) is 3.83. The number of halogens is 6. The minimum absolute atomic E-state index is 0.129. The van der Waals surface area contributed by atoms with E-state index in [-0.39, 0.29) is 15.7 Å². The van der Waals surface area contributed by atoms with E-state index in [1.54, 1.807) is 5.32 Å². The molecule has 0 bridgehead atoms. The minimum atomic E-state index is -4.80. The fraction of sp³-hybridized carbons (Fsp3) is 0.222. The summed E-state index contributed by atoms with van der Waals surface area (Å²) in [6.45, 7) is 0. The number of alkyl halides is 4. The highest BCUT2D eigenvalue weighted by Crippen LogP contribution is 2.32. The molecule has 0 unspecified atom stereocenters. The van der Waals surface area contributed by atoms with E-state index in [2.05, 4.69) is 0 Å². The Morgan fingerprint density at radius 2 is 1.71 bits per heavy atom. The number of para-hydroxylation sites is 1. The maximum atomic E-state index is 12.6. The largest absolute Gasteiger partial charge is 0.383 e. The van der Waals surface area contributed by atoms with Crippen LogP contribution in [0.4, 0.5) is 23.2 Å². The van der Waals surface area contributed by atoms with Gasteiger partial charge in [0.15, 0.2) is 0 Å². The van der Waals surface area contributed by atoms with E-state index >= 15 is 0 Å². The van der Waals surface area contributed by atoms with Crippen molar-refractivity contribution in [2.75, 3.05) is 5.32 Å². The number of amides is 1. The predicted molar refractivity (Wildman–Crippen MR) is 56.0 cm³/mol. The van der Waals surface area contributed by atoms with Gasteiger partial charge in [0.1, 0.15) is 0 Å². The first kappa shape index (κ1) is 14.1. The van der Waals surface area contributed by atoms with Crippen LogP contribution in [0.3, 0.4) is 0 Å². The summed E-state index contributed by atoms with van der Waals surface area (Å²) in [4.78, 5) is 10.9. The maximum Gasteiger partial charge on any atom is 0.383 e. The van der Waals surface area contributed by atoms with Crippen molar-refractivity contribution in [2.45, 2.75) is 12.3 Å². The molecule has 2 nitrogen and oxygen atoms in total. The molecule has 1 aromatic rings. The Kier molecular flexibility index (Phi) is 4.21. The van der Waals surface area contributed by atoms with E-state index in [4.69, 9.17) is 23.2 Å². The maximum absolute atomic E-state index is 12.6. The number of carbonyl (C=O) groups excluding carboxylic acids is 1. The molecule has 1 N–H and O–H groups in total. The molecule has 0 aliphatic heterocycles. The SMILES string of the molecule is O=C(Nc1c(Cl)cccc1Cl)C(F)(F)C(F)F. The van der Waals surface area contributed by atoms with Gasteiger partial charge in [0.2, 0.25) is 0 Å². The van der Waals surface area contributed by atoms with Gasteiger partial charge in [0, 0.05) is 0 Å². The van der Waals surface area contributed by atoms with E-state index in [0.717, 1.165) is 0 Å². The number of hydrogen-bond acceptors (Lipinski definition) is 1. The third-order valence-electron chi connectivity index (χ3n) is 1.78. The fourth-order valence-corrected chi connectivity index (χ4v) is 1.41. The highest BCUT2D eigenvalue weighted by molar-refractivity contribution is 6.39. The van der Waals surface area contributed by atoms with Gasteiger partial charge in [0.05, 0.1) is 15.7 Å². The number of carbonyl (C=O) groups is 1. The minimum Gasteiger partial charge on any atom is -0.318 e. The molecule has 17 heavy (non-hydrogen) atoms. The van der Waals surface area contributed by atoms with Gasteiger partial charge in [-0.15, -0.1) is 0 Å². The molecular weight excluding hydrogens is 285 g/mol. The summed E-state index contributed by atoms with van der Waals surface area (Å²) in [5, 5.41) is 1.31. The molecule has 94 valence electrons. The van der Waals surface area contributed by atoms with Gasteiger partial charge in [-0.2, -0.15) is 8.78 Å². The van der Waals surface area contributed by atoms with Gasteiger partial charge < -0.3 is 5.32 Å². The number of rotatable bonds is 3. The first-order valence-electron chi connectivity index (χ1n) is 4.18. The third kappa shape index (κ3) is 3.01. The number of hydrogen-bond donors (Lipinski definition) is 1. The highest BCUT2D eigenvalue weighted by atomic mass is 35.5. The zero-order valence-corrected chi connectivity index (χ0v) is 9.50. The Bertz CT molecular complexity index is 419. The van der Waals surface area contributed by atoms with Crippen LogP contribution in [-0.4, -0.2) is 18.3 Å². The molecule has 0 atom stereocenters. The summed E-state index contributed by atoms with van der Waals surface area (Å²) < 4.78 is 49.1. The van der Waals surface area contributed by atoms with Crippen molar-refractivity contribution in [3.63, 3.8) is 0 Å². The standard InChI is InChI=1S/C9H5Cl2F4NO/c10-4-2-1-3-5(11)6(4)16-8(17)9(14,15)7(12)13/h1-3,7H,(H,16,17). The van der Waals surface area contributed by atoms with Gasteiger partial charge in [-0.1, -0.05) is 29.3 Å². The van der Waals surface area contributed by atoms with Crippen molar-refractivity contribution in [3.05, 3.63) is 28.2 Å². The van der Waals surface area contributed by atoms with Crippen molar-refractivity contribution in [1.82, 2.24) is 0 Å². The lowest BCUT2D eigenvalue weighted by molar-refractivity contribution is -0.163. The smallest absolute Gasteiger partial charge is 0.318 e. The molecule has 0 fully saturated rings. The van der Waals surface area contributed by atoms with Crippen molar-refractivity contribution >= 4 is 34.8 Å². The van der Waals surface area contributed by atoms with Crippen LogP contribution in [0, 0.1) is 0 Å². The van der Waals surface area contributed by atoms with Crippen LogP contribution < -0.4 is 5.32 Å². The van der Waals surface area contributed by atoms with Gasteiger partial charge >= 0.3 is 18.3 Å². The monoisotopic (exact) mass is 289 g/mol. The molecule has 0 aliphatic carbocycles. The van der Waals surface area contributed by atoms with Crippen LogP contribution >= 0.6 is 23.2 Å². The van der Waals surface area contributed by atoms with Crippen LogP contribution in [0.15, 0.2) is 18.2 Å². The average molecular weight is 290 g/mol. The molecule has 1 amide bonds. The van der Waals surface area contributed by atoms with Crippen LogP contribution in [0.5, 0.6) is 0 Å². The first-order valence-corrected chi connectivity index (χ1v) is 4.94. The van der Waals surface area contributed by atoms with Crippen molar-refractivity contribution < 1.29 is 22.4 Å². The molecule has 0 radical (unpaired) electrons. The van der Waals surface area contributed by atoms with Gasteiger partial charge in [0.25, 0.3) is 0 Å². The third-order valence-corrected chi connectivity index (χ3v) is 2.41. The van der Waals surface area contributed by atoms with E-state index < -0.39 is 18.3 Å². The Labute approximate surface area is 104 Å². The summed E-state index contributed by atoms with van der Waals surface area (Å²) in [5.41, 5.74) is -0.332. The van der Waals surface area contributed by atoms with E-state index in [9.17, 15) is 22.4 Å². The van der Waals surface area contributed by atoms with Gasteiger partial charge in [-0.05, 0) is 12.1 Å². The van der Waals surface area contributed by atoms with E-state index in [0.29, 0.717) is 0 Å². The molecular formula is C9H5Cl2F4NO. The summed E-state index contributed by atoms with van der Waals surface area (Å²) in [5.74, 6) is -6.97. The number of benzene rings is 1. The molecule has 1 rings (SSSR count). The molecule has 0 heterocycles. The molecule has 0 spiro atoms. The summed E-state index contributed by atoms with van der Waals surface area (Å²) in [6, 6.07) is 3.94. The number of nitrogens with one attached hydrogen (secondary N) is 1. The summed E-state index contributed by atoms with van der Waals surface area (Å²) in [7, 11) is 0. The van der Waals surface area contributed by atoms with Crippen molar-refractivity contribution in [1.29, 1.82) is 0 Å². The average Bonchev–Trinajstić information content (AvgIpc) is 2.23. The molecule has 0 saturated carbocycles. The van der Waals surface area contributed by atoms with Crippen LogP contribution in [0.1, 0.15) is 0 Å². The Morgan fingerprint density at radius 3 is 2.12 bits per heavy atom. The van der Waals surface area contributed by atoms with Crippen molar-refractivity contribution in [2.24, 2.45) is 0 Å². The van der Waals surface area contributed by atoms with Crippen LogP contribution in [0.2, 0.25) is 10.0 Å². The Morgan fingerprint density at radius 1 is 1.24 bits per heavy atom. The van der Waals surface area contributed by atoms with Gasteiger partial charge in [-0.3, -0.25) is 4.79 Å². The molecule has 0 aliphatic rings. The zero-order valence-electron chi connectivity index (χ0n) is 7.99. The second kappa shape index (κ2) is 5.10. The topological polar surface area (TPSA) is 29.1 Å². The zero-order chi connectivity index (χ0) is 13.2. The molecule has 0 saturated heterocycles. The van der Waals surface area contributed by atoms with E-state index in [1.807, 2.05) is 0 Å². The molecule has 8 heteroatoms. The van der Waals surface area contributed by atoms with Crippen molar-refractivity contribution in [3.8, 4) is 0 Å². The lowest BCUT2D eigenvalue weighted by atomic mass is 10.2. The lowest BCUT2D eigenvalue weighted by Crippen LogP contribution is -2.41. The molecule has 0 aromatic heterocycles. The molecule has 1 aromatic carbocycles. The Hall–Kier alpha value is -1.01. The number of anilines is 1. The highest BCUT2D eigenvalue weighted by Gasteiger charge is 2.49. The van der Waals surface area contributed by atoms with E-state index in [1.165, 1.54) is 18.2 Å². The second-order valence-corrected chi connectivity index (χ2v) is 3.79. The Balaban J connectivity index is 2.96. The van der Waals surface area contributed by atoms with Crippen LogP contribution in [0.25, 0.3) is 0 Å². The summed E-state index contributed by atoms with van der Waals surface area (Å²) >= 11 is 11.1. The fourth-order valence-electron chi connectivity index (χ4n) is 0.913. The normalized spacial score (nSPS) is 11.7. The lowest BCUT2D eigenvalue weighted by Gasteiger charge is -2.16. The first-order chi connectivity index (χ1) is 7.76. The summed E-state index contributed by atoms with van der Waals surface area (Å²) in [6.07, 6.45) is -4.11. The van der Waals surface area contributed by atoms with Crippen LogP contribution in [-0.2, 0) is 4.79 Å². The quantitative estimate of drug-likeness (QED) is 0.842.